The van der Waals surface area contributed by atoms with Gasteiger partial charge in [0.25, 0.3) is 0 Å². The number of nitrogens with one attached hydrogen (secondary N) is 1. The van der Waals surface area contributed by atoms with Gasteiger partial charge in [0, 0.05) is 56.2 Å². The monoisotopic (exact) mass is 478 g/mol. The predicted molar refractivity (Wildman–Crippen MR) is 132 cm³/mol. The van der Waals surface area contributed by atoms with Gasteiger partial charge in [0.05, 0.1) is 12.8 Å². The summed E-state index contributed by atoms with van der Waals surface area (Å²) in [7, 11) is 1.69. The van der Waals surface area contributed by atoms with Gasteiger partial charge in [-0.15, -0.1) is 26.6 Å². The van der Waals surface area contributed by atoms with Gasteiger partial charge >= 0.3 is 0 Å². The van der Waals surface area contributed by atoms with Crippen LogP contribution in [0, 0.1) is 6.92 Å². The maximum Gasteiger partial charge on any atom is 0.226 e. The number of aryl methyl sites for hydroxylation is 2. The second-order valence-corrected chi connectivity index (χ2v) is 8.95. The molecule has 3 aromatic heterocycles. The van der Waals surface area contributed by atoms with Crippen LogP contribution in [0.4, 0.5) is 16.6 Å². The number of ether oxygens (including phenoxy) is 1. The first-order valence-electron chi connectivity index (χ1n) is 11.2. The number of carbonyl (C=O) groups excluding carboxylic acids is 1. The van der Waals surface area contributed by atoms with E-state index in [9.17, 15) is 4.79 Å². The van der Waals surface area contributed by atoms with E-state index >= 15 is 0 Å². The fraction of sp³-hybridized carbons (Fsp3) is 0.348. The summed E-state index contributed by atoms with van der Waals surface area (Å²) in [4.78, 5) is 21.2. The van der Waals surface area contributed by atoms with E-state index in [0.29, 0.717) is 23.0 Å². The first kappa shape index (κ1) is 22.1. The summed E-state index contributed by atoms with van der Waals surface area (Å²) in [5.41, 5.74) is 2.73. The van der Waals surface area contributed by atoms with Gasteiger partial charge in [-0.1, -0.05) is 6.07 Å². The van der Waals surface area contributed by atoms with E-state index in [2.05, 4.69) is 42.4 Å². The topological polar surface area (TPSA) is 101 Å². The summed E-state index contributed by atoms with van der Waals surface area (Å²) in [5.74, 6) is 2.30. The van der Waals surface area contributed by atoms with Crippen molar-refractivity contribution >= 4 is 39.5 Å². The summed E-state index contributed by atoms with van der Waals surface area (Å²) >= 11 is 1.42. The minimum atomic E-state index is -0.101. The van der Waals surface area contributed by atoms with Gasteiger partial charge < -0.3 is 19.9 Å². The Morgan fingerprint density at radius 3 is 2.71 bits per heavy atom. The molecule has 0 atom stereocenters. The van der Waals surface area contributed by atoms with Gasteiger partial charge in [-0.2, -0.15) is 4.52 Å². The van der Waals surface area contributed by atoms with Gasteiger partial charge in [-0.25, -0.2) is 4.98 Å². The highest BCUT2D eigenvalue weighted by Gasteiger charge is 2.20. The van der Waals surface area contributed by atoms with E-state index in [0.717, 1.165) is 49.1 Å². The third-order valence-corrected chi connectivity index (χ3v) is 6.65. The van der Waals surface area contributed by atoms with Crippen molar-refractivity contribution in [3.8, 4) is 5.75 Å². The van der Waals surface area contributed by atoms with Gasteiger partial charge in [0.1, 0.15) is 11.6 Å². The Morgan fingerprint density at radius 2 is 1.94 bits per heavy atom. The fourth-order valence-corrected chi connectivity index (χ4v) is 4.67. The molecule has 1 aliphatic heterocycles. The highest BCUT2D eigenvalue weighted by atomic mass is 32.1. The number of amides is 1. The summed E-state index contributed by atoms with van der Waals surface area (Å²) in [6.07, 6.45) is 0.724. The first-order chi connectivity index (χ1) is 16.6. The number of methoxy groups -OCH3 is 1. The van der Waals surface area contributed by atoms with Crippen molar-refractivity contribution in [3.05, 3.63) is 53.3 Å². The zero-order chi connectivity index (χ0) is 23.5. The molecule has 34 heavy (non-hydrogen) atoms. The molecule has 0 aliphatic carbocycles. The Hall–Kier alpha value is -3.73. The number of aromatic nitrogens is 5. The molecule has 0 spiro atoms. The molecule has 0 radical (unpaired) electrons. The number of fused-ring (bicyclic) bond motifs is 1. The number of anilines is 3. The van der Waals surface area contributed by atoms with Crippen molar-refractivity contribution in [3.63, 3.8) is 0 Å². The highest BCUT2D eigenvalue weighted by Crippen LogP contribution is 2.23. The molecule has 10 nitrogen and oxygen atoms in total. The van der Waals surface area contributed by atoms with Crippen LogP contribution in [0.2, 0.25) is 0 Å². The lowest BCUT2D eigenvalue weighted by Crippen LogP contribution is -2.47. The smallest absolute Gasteiger partial charge is 0.226 e. The van der Waals surface area contributed by atoms with E-state index in [1.54, 1.807) is 11.6 Å². The molecular formula is C23H26N8O2S. The maximum atomic E-state index is 12.3. The van der Waals surface area contributed by atoms with E-state index in [-0.39, 0.29) is 12.3 Å². The molecule has 11 heteroatoms. The highest BCUT2D eigenvalue weighted by molar-refractivity contribution is 7.13. The van der Waals surface area contributed by atoms with Crippen LogP contribution in [0.5, 0.6) is 5.75 Å². The quantitative estimate of drug-likeness (QED) is 0.433. The number of benzene rings is 1. The second kappa shape index (κ2) is 9.64. The average molecular weight is 479 g/mol. The van der Waals surface area contributed by atoms with Crippen LogP contribution in [0.15, 0.2) is 41.8 Å². The van der Waals surface area contributed by atoms with Gasteiger partial charge in [-0.3, -0.25) is 4.79 Å². The zero-order valence-corrected chi connectivity index (χ0v) is 20.0. The molecular weight excluding hydrogens is 452 g/mol. The summed E-state index contributed by atoms with van der Waals surface area (Å²) in [6, 6.07) is 12.0. The van der Waals surface area contributed by atoms with Crippen molar-refractivity contribution in [1.82, 2.24) is 24.8 Å². The van der Waals surface area contributed by atoms with Gasteiger partial charge in [0.15, 0.2) is 16.6 Å². The molecule has 1 aliphatic rings. The molecule has 0 unspecified atom stereocenters. The minimum absolute atomic E-state index is 0.101. The second-order valence-electron chi connectivity index (χ2n) is 8.10. The third-order valence-electron chi connectivity index (χ3n) is 5.78. The Bertz CT molecular complexity index is 1300. The largest absolute Gasteiger partial charge is 0.497 e. The molecule has 0 saturated carbocycles. The molecule has 1 aromatic carbocycles. The van der Waals surface area contributed by atoms with E-state index in [4.69, 9.17) is 9.84 Å². The molecule has 1 fully saturated rings. The number of piperazine rings is 1. The van der Waals surface area contributed by atoms with Crippen LogP contribution in [0.3, 0.4) is 0 Å². The predicted octanol–water partition coefficient (Wildman–Crippen LogP) is 2.80. The molecule has 1 amide bonds. The average Bonchev–Trinajstić information content (AvgIpc) is 3.47. The lowest BCUT2D eigenvalue weighted by Gasteiger charge is -2.36. The van der Waals surface area contributed by atoms with Crippen molar-refractivity contribution < 1.29 is 9.53 Å². The standard InChI is InChI=1S/C23H26N8O2S/c1-16-15-34-23(24-16)25-22(32)9-8-20-27-26-19-6-7-21(28-31(19)20)30-12-10-29(11-13-30)17-4-3-5-18(14-17)33-2/h3-7,14-15H,8-13H2,1-2H3,(H,24,25,32). The van der Waals surface area contributed by atoms with Crippen LogP contribution < -0.4 is 19.9 Å². The van der Waals surface area contributed by atoms with Crippen molar-refractivity contribution in [2.45, 2.75) is 19.8 Å². The fourth-order valence-electron chi connectivity index (χ4n) is 3.97. The van der Waals surface area contributed by atoms with Crippen molar-refractivity contribution in [1.29, 1.82) is 0 Å². The van der Waals surface area contributed by atoms with Gasteiger partial charge in [0.2, 0.25) is 5.91 Å². The molecule has 176 valence electrons. The van der Waals surface area contributed by atoms with Crippen molar-refractivity contribution in [2.75, 3.05) is 48.4 Å². The number of rotatable bonds is 7. The van der Waals surface area contributed by atoms with E-state index in [1.165, 1.54) is 11.3 Å². The minimum Gasteiger partial charge on any atom is -0.497 e. The summed E-state index contributed by atoms with van der Waals surface area (Å²) in [5, 5.41) is 18.6. The van der Waals surface area contributed by atoms with Gasteiger partial charge in [-0.05, 0) is 31.2 Å². The van der Waals surface area contributed by atoms with Crippen LogP contribution >= 0.6 is 11.3 Å². The Labute approximate surface area is 201 Å². The Balaban J connectivity index is 1.23. The molecule has 4 aromatic rings. The van der Waals surface area contributed by atoms with Crippen molar-refractivity contribution in [2.24, 2.45) is 0 Å². The lowest BCUT2D eigenvalue weighted by molar-refractivity contribution is -0.116. The SMILES string of the molecule is COc1cccc(N2CCN(c3ccc4nnc(CCC(=O)Nc5nc(C)cs5)n4n3)CC2)c1. The molecule has 5 rings (SSSR count). The zero-order valence-electron chi connectivity index (χ0n) is 19.1. The maximum absolute atomic E-state index is 12.3. The molecule has 4 heterocycles. The Morgan fingerprint density at radius 1 is 1.12 bits per heavy atom. The third kappa shape index (κ3) is 4.79. The Kier molecular flexibility index (Phi) is 6.26. The molecule has 1 saturated heterocycles. The number of hydrogen-bond donors (Lipinski definition) is 1. The number of thiazole rings is 1. The van der Waals surface area contributed by atoms with E-state index < -0.39 is 0 Å². The summed E-state index contributed by atoms with van der Waals surface area (Å²) in [6.45, 7) is 5.37. The number of carbonyl (C=O) groups is 1. The normalized spacial score (nSPS) is 13.9. The molecule has 0 bridgehead atoms. The molecule has 1 N–H and O–H groups in total. The summed E-state index contributed by atoms with van der Waals surface area (Å²) < 4.78 is 7.10. The first-order valence-corrected chi connectivity index (χ1v) is 12.0. The lowest BCUT2D eigenvalue weighted by atomic mass is 10.2. The number of hydrogen-bond acceptors (Lipinski definition) is 9. The van der Waals surface area contributed by atoms with Crippen LogP contribution in [-0.4, -0.2) is 64.0 Å². The van der Waals surface area contributed by atoms with Crippen LogP contribution in [-0.2, 0) is 11.2 Å². The number of nitrogens with zero attached hydrogens (tertiary/aromatic N) is 7. The van der Waals surface area contributed by atoms with Crippen LogP contribution in [0.1, 0.15) is 17.9 Å². The van der Waals surface area contributed by atoms with E-state index in [1.807, 2.05) is 36.6 Å². The van der Waals surface area contributed by atoms with Crippen LogP contribution in [0.25, 0.3) is 5.65 Å².